The lowest BCUT2D eigenvalue weighted by Crippen LogP contribution is -2.13. The van der Waals surface area contributed by atoms with Gasteiger partial charge in [0.1, 0.15) is 29.3 Å². The lowest BCUT2D eigenvalue weighted by Gasteiger charge is -2.14. The Morgan fingerprint density at radius 2 is 1.88 bits per heavy atom. The third-order valence-corrected chi connectivity index (χ3v) is 7.05. The minimum atomic E-state index is -4.74. The van der Waals surface area contributed by atoms with Crippen molar-refractivity contribution in [2.24, 2.45) is 4.99 Å². The third-order valence-electron chi connectivity index (χ3n) is 7.05. The number of benzene rings is 2. The first-order chi connectivity index (χ1) is 20.6. The van der Waals surface area contributed by atoms with Gasteiger partial charge in [-0.3, -0.25) is 14.8 Å². The fourth-order valence-corrected chi connectivity index (χ4v) is 4.92. The summed E-state index contributed by atoms with van der Waals surface area (Å²) in [6.07, 6.45) is 2.48. The molecule has 0 spiro atoms. The van der Waals surface area contributed by atoms with Crippen LogP contribution in [-0.4, -0.2) is 36.7 Å². The predicted octanol–water partition coefficient (Wildman–Crippen LogP) is 6.60. The van der Waals surface area contributed by atoms with Crippen LogP contribution in [0.25, 0.3) is 16.9 Å². The summed E-state index contributed by atoms with van der Waals surface area (Å²) in [5.41, 5.74) is 1.49. The van der Waals surface area contributed by atoms with Gasteiger partial charge in [0.15, 0.2) is 5.78 Å². The number of carbonyl (C=O) groups is 1. The van der Waals surface area contributed by atoms with E-state index in [0.717, 1.165) is 23.9 Å². The molecular weight excluding hydrogens is 567 g/mol. The Labute approximate surface area is 241 Å². The highest BCUT2D eigenvalue weighted by Crippen LogP contribution is 2.36. The van der Waals surface area contributed by atoms with E-state index in [1.807, 2.05) is 0 Å². The Morgan fingerprint density at radius 3 is 2.65 bits per heavy atom. The van der Waals surface area contributed by atoms with Crippen LogP contribution in [0.1, 0.15) is 44.0 Å². The van der Waals surface area contributed by atoms with Gasteiger partial charge in [0.2, 0.25) is 0 Å². The van der Waals surface area contributed by atoms with Gasteiger partial charge in [-0.25, -0.2) is 23.4 Å². The van der Waals surface area contributed by atoms with Gasteiger partial charge in [0, 0.05) is 54.6 Å². The van der Waals surface area contributed by atoms with Crippen molar-refractivity contribution in [3.8, 4) is 16.9 Å². The second kappa shape index (κ2) is 10.9. The van der Waals surface area contributed by atoms with Crippen molar-refractivity contribution >= 4 is 17.7 Å². The van der Waals surface area contributed by atoms with E-state index in [1.165, 1.54) is 35.7 Å². The summed E-state index contributed by atoms with van der Waals surface area (Å²) in [6.45, 7) is 1.72. The molecule has 1 aliphatic rings. The highest BCUT2D eigenvalue weighted by molar-refractivity contribution is 5.98. The summed E-state index contributed by atoms with van der Waals surface area (Å²) in [6, 6.07) is 8.38. The lowest BCUT2D eigenvalue weighted by molar-refractivity contribution is -0.137. The molecule has 0 N–H and O–H groups in total. The summed E-state index contributed by atoms with van der Waals surface area (Å²) < 4.78 is 73.1. The Balaban J connectivity index is 1.33. The number of hydrogen-bond donors (Lipinski definition) is 0. The van der Waals surface area contributed by atoms with E-state index in [1.54, 1.807) is 25.3 Å². The predicted molar refractivity (Wildman–Crippen MR) is 148 cm³/mol. The number of carbonyl (C=O) groups excluding carboxylic acids is 1. The van der Waals surface area contributed by atoms with Gasteiger partial charge in [-0.05, 0) is 54.4 Å². The summed E-state index contributed by atoms with van der Waals surface area (Å²) in [5, 5.41) is 4.03. The number of halogens is 5. The first kappa shape index (κ1) is 28.0. The smallest absolute Gasteiger partial charge is 0.294 e. The van der Waals surface area contributed by atoms with Crippen LogP contribution in [0.4, 0.5) is 27.6 Å². The van der Waals surface area contributed by atoms with Crippen LogP contribution in [0.3, 0.4) is 0 Å². The number of hydrogen-bond acceptors (Lipinski definition) is 6. The maximum Gasteiger partial charge on any atom is 0.416 e. The Hall–Kier alpha value is -5.13. The van der Waals surface area contributed by atoms with Crippen LogP contribution in [0, 0.1) is 18.6 Å². The molecule has 0 fully saturated rings. The minimum Gasteiger partial charge on any atom is -0.294 e. The molecule has 12 heteroatoms. The van der Waals surface area contributed by atoms with Gasteiger partial charge in [-0.1, -0.05) is 6.07 Å². The maximum absolute atomic E-state index is 15.8. The van der Waals surface area contributed by atoms with Crippen molar-refractivity contribution in [1.29, 1.82) is 0 Å². The number of alkyl halides is 3. The van der Waals surface area contributed by atoms with Crippen molar-refractivity contribution in [3.63, 3.8) is 0 Å². The highest BCUT2D eigenvalue weighted by Gasteiger charge is 2.32. The molecule has 0 unspecified atom stereocenters. The first-order valence-corrected chi connectivity index (χ1v) is 13.1. The molecule has 1 aliphatic heterocycles. The molecule has 2 aromatic carbocycles. The van der Waals surface area contributed by atoms with Crippen LogP contribution in [0.15, 0.2) is 72.4 Å². The molecule has 6 rings (SSSR count). The Morgan fingerprint density at radius 1 is 1.05 bits per heavy atom. The largest absolute Gasteiger partial charge is 0.416 e. The Bertz CT molecular complexity index is 1910. The highest BCUT2D eigenvalue weighted by atomic mass is 19.4. The zero-order valence-electron chi connectivity index (χ0n) is 22.5. The fourth-order valence-electron chi connectivity index (χ4n) is 4.92. The number of pyridine rings is 1. The molecular formula is C31H21F5N6O. The van der Waals surface area contributed by atoms with Crippen molar-refractivity contribution in [2.45, 2.75) is 32.4 Å². The molecule has 0 radical (unpaired) electrons. The summed E-state index contributed by atoms with van der Waals surface area (Å²) in [4.78, 5) is 30.5. The zero-order chi connectivity index (χ0) is 30.3. The number of Topliss-reactive ketones (excluding diaryl/α,β-unsaturated/α-hetero) is 1. The minimum absolute atomic E-state index is 0.0229. The number of aryl methyl sites for hydroxylation is 1. The molecule has 7 nitrogen and oxygen atoms in total. The number of aromatic nitrogens is 5. The molecule has 0 bridgehead atoms. The van der Waals surface area contributed by atoms with Gasteiger partial charge in [0.25, 0.3) is 0 Å². The molecule has 216 valence electrons. The SMILES string of the molecule is Cc1cnn(-c2cc(C(=O)Cc3ccc(F)c(Cc4ncccc4-c4ncnc5c4N=CC5)c3F)cc(C(F)(F)F)c2)c1. The van der Waals surface area contributed by atoms with Crippen molar-refractivity contribution in [1.82, 2.24) is 24.7 Å². The van der Waals surface area contributed by atoms with Gasteiger partial charge in [-0.2, -0.15) is 18.3 Å². The van der Waals surface area contributed by atoms with Crippen molar-refractivity contribution in [3.05, 3.63) is 118 Å². The average Bonchev–Trinajstić information content (AvgIpc) is 3.65. The van der Waals surface area contributed by atoms with Gasteiger partial charge in [-0.15, -0.1) is 0 Å². The van der Waals surface area contributed by atoms with Crippen LogP contribution in [-0.2, 0) is 25.4 Å². The quantitative estimate of drug-likeness (QED) is 0.158. The van der Waals surface area contributed by atoms with Gasteiger partial charge < -0.3 is 0 Å². The maximum atomic E-state index is 15.8. The van der Waals surface area contributed by atoms with E-state index in [-0.39, 0.29) is 28.8 Å². The molecule has 0 amide bonds. The van der Waals surface area contributed by atoms with E-state index in [9.17, 15) is 18.0 Å². The van der Waals surface area contributed by atoms with E-state index < -0.39 is 35.6 Å². The molecule has 0 aliphatic carbocycles. The summed E-state index contributed by atoms with van der Waals surface area (Å²) in [5.74, 6) is -2.61. The second-order valence-corrected chi connectivity index (χ2v) is 10.0. The number of fused-ring (bicyclic) bond motifs is 1. The van der Waals surface area contributed by atoms with Crippen LogP contribution < -0.4 is 0 Å². The summed E-state index contributed by atoms with van der Waals surface area (Å²) in [7, 11) is 0. The van der Waals surface area contributed by atoms with E-state index >= 15 is 8.78 Å². The molecule has 3 aromatic heterocycles. The van der Waals surface area contributed by atoms with Crippen LogP contribution >= 0.6 is 0 Å². The number of aliphatic imine (C=N–C) groups is 1. The molecule has 0 atom stereocenters. The Kier molecular flexibility index (Phi) is 7.12. The molecule has 5 aromatic rings. The van der Waals surface area contributed by atoms with Crippen LogP contribution in [0.2, 0.25) is 0 Å². The number of rotatable bonds is 7. The second-order valence-electron chi connectivity index (χ2n) is 10.0. The van der Waals surface area contributed by atoms with Gasteiger partial charge >= 0.3 is 6.18 Å². The van der Waals surface area contributed by atoms with E-state index in [0.29, 0.717) is 40.7 Å². The number of nitrogens with zero attached hydrogens (tertiary/aromatic N) is 6. The molecule has 0 saturated carbocycles. The zero-order valence-corrected chi connectivity index (χ0v) is 22.5. The standard InChI is InChI=1S/C31H21F5N6O/c1-17-14-41-42(15-17)21-10-19(9-20(12-21)31(34,35)36)27(43)11-18-4-5-24(32)23(28(18)33)13-26-22(3-2-7-37-26)29-30-25(6-8-38-30)39-16-40-29/h2-5,7-10,12,14-16H,6,11,13H2,1H3. The van der Waals surface area contributed by atoms with Gasteiger partial charge in [0.05, 0.1) is 28.8 Å². The van der Waals surface area contributed by atoms with Crippen molar-refractivity contribution < 1.29 is 26.7 Å². The lowest BCUT2D eigenvalue weighted by atomic mass is 9.95. The number of ketones is 1. The molecule has 43 heavy (non-hydrogen) atoms. The average molecular weight is 589 g/mol. The van der Waals surface area contributed by atoms with E-state index in [4.69, 9.17) is 0 Å². The third kappa shape index (κ3) is 5.55. The fraction of sp³-hybridized carbons (Fsp3) is 0.161. The monoisotopic (exact) mass is 588 g/mol. The first-order valence-electron chi connectivity index (χ1n) is 13.1. The van der Waals surface area contributed by atoms with Crippen LogP contribution in [0.5, 0.6) is 0 Å². The van der Waals surface area contributed by atoms with E-state index in [2.05, 4.69) is 25.0 Å². The molecule has 0 saturated heterocycles. The summed E-state index contributed by atoms with van der Waals surface area (Å²) >= 11 is 0. The topological polar surface area (TPSA) is 85.9 Å². The normalized spacial score (nSPS) is 12.5. The molecule has 4 heterocycles. The van der Waals surface area contributed by atoms with Crippen molar-refractivity contribution in [2.75, 3.05) is 0 Å².